The molecule has 0 unspecified atom stereocenters. The first-order valence-electron chi connectivity index (χ1n) is 14.2. The molecule has 0 saturated carbocycles. The van der Waals surface area contributed by atoms with Gasteiger partial charge in [0.25, 0.3) is 20.2 Å². The van der Waals surface area contributed by atoms with Crippen molar-refractivity contribution >= 4 is 62.7 Å². The fraction of sp³-hybridized carbons (Fsp3) is 0.0588. The number of aromatic amines is 2. The van der Waals surface area contributed by atoms with Crippen LogP contribution in [0, 0.1) is 13.8 Å². The third kappa shape index (κ3) is 9.57. The minimum absolute atomic E-state index is 0. The van der Waals surface area contributed by atoms with E-state index in [1.807, 2.05) is 61.2 Å². The first-order chi connectivity index (χ1) is 23.0. The number of pyridine rings is 2. The Bertz CT molecular complexity index is 2380. The molecule has 0 radical (unpaired) electrons. The van der Waals surface area contributed by atoms with Crippen molar-refractivity contribution < 1.29 is 71.0 Å². The Morgan fingerprint density at radius 1 is 0.520 bits per heavy atom. The highest BCUT2D eigenvalue weighted by Crippen LogP contribution is 2.45. The summed E-state index contributed by atoms with van der Waals surface area (Å²) in [6.07, 6.45) is 7.50. The molecule has 0 amide bonds. The molecule has 50 heavy (non-hydrogen) atoms. The maximum atomic E-state index is 12.0. The number of phenolic OH excluding ortho intramolecular Hbond substituents is 1. The summed E-state index contributed by atoms with van der Waals surface area (Å²) < 4.78 is 103. The number of hydrogen-bond donors (Lipinski definition) is 3. The normalized spacial score (nSPS) is 11.3. The Kier molecular flexibility index (Phi) is 13.1. The summed E-state index contributed by atoms with van der Waals surface area (Å²) in [5.41, 5.74) is 2.66. The molecule has 12 nitrogen and oxygen atoms in total. The lowest BCUT2D eigenvalue weighted by Gasteiger charge is -2.21. The monoisotopic (exact) mass is 802 g/mol. The molecule has 7 aromatic rings. The average molecular weight is 804 g/mol. The second-order valence-electron chi connectivity index (χ2n) is 10.5. The van der Waals surface area contributed by atoms with Crippen LogP contribution in [0.1, 0.15) is 11.1 Å². The molecule has 5 aromatic carbocycles. The molecule has 2 aromatic heterocycles. The van der Waals surface area contributed by atoms with Crippen molar-refractivity contribution in [3.05, 3.63) is 133 Å². The number of hydrogen-bond acceptors (Lipinski definition) is 8. The summed E-state index contributed by atoms with van der Waals surface area (Å²) in [6, 6.07) is 27.6. The Balaban J connectivity index is 0.000000258. The molecule has 0 saturated heterocycles. The molecule has 5 N–H and O–H groups in total. The van der Waals surface area contributed by atoms with Crippen LogP contribution in [0.3, 0.4) is 0 Å². The van der Waals surface area contributed by atoms with Crippen molar-refractivity contribution in [3.63, 3.8) is 0 Å². The summed E-state index contributed by atoms with van der Waals surface area (Å²) >= 11 is 0. The zero-order valence-electron chi connectivity index (χ0n) is 26.3. The van der Waals surface area contributed by atoms with E-state index >= 15 is 0 Å². The molecule has 0 fully saturated rings. The van der Waals surface area contributed by atoms with Crippen molar-refractivity contribution in [2.75, 3.05) is 0 Å². The van der Waals surface area contributed by atoms with Crippen LogP contribution >= 0.6 is 0 Å². The number of H-pyrrole nitrogens is 2. The molecular weight excluding hydrogens is 772 g/mol. The lowest BCUT2D eigenvalue weighted by molar-refractivity contribution is -0.378. The van der Waals surface area contributed by atoms with Crippen LogP contribution in [0.15, 0.2) is 137 Å². The van der Waals surface area contributed by atoms with Gasteiger partial charge in [-0.3, -0.25) is 9.11 Å². The molecule has 16 heteroatoms. The lowest BCUT2D eigenvalue weighted by atomic mass is 9.94. The van der Waals surface area contributed by atoms with Crippen LogP contribution in [0.4, 0.5) is 0 Å². The van der Waals surface area contributed by atoms with E-state index in [4.69, 9.17) is 0 Å². The number of phenols is 1. The van der Waals surface area contributed by atoms with Crippen LogP contribution in [-0.4, -0.2) is 44.0 Å². The molecule has 0 aliphatic heterocycles. The van der Waals surface area contributed by atoms with Gasteiger partial charge in [0.2, 0.25) is 0 Å². The van der Waals surface area contributed by atoms with Gasteiger partial charge in [0.15, 0.2) is 24.8 Å². The van der Waals surface area contributed by atoms with Crippen LogP contribution in [0.5, 0.6) is 5.75 Å². The average Bonchev–Trinajstić information content (AvgIpc) is 3.06. The van der Waals surface area contributed by atoms with Gasteiger partial charge < -0.3 is 26.6 Å². The molecule has 2 heterocycles. The van der Waals surface area contributed by atoms with Crippen LogP contribution in [0.2, 0.25) is 0 Å². The van der Waals surface area contributed by atoms with Crippen molar-refractivity contribution in [1.82, 2.24) is 0 Å². The number of halogens is 1. The smallest absolute Gasteiger partial charge is 0.297 e. The molecule has 0 atom stereocenters. The summed E-state index contributed by atoms with van der Waals surface area (Å²) in [7, 11) is -16.7. The van der Waals surface area contributed by atoms with E-state index < -0.39 is 55.8 Å². The van der Waals surface area contributed by atoms with Crippen molar-refractivity contribution in [2.24, 2.45) is 0 Å². The SMILES string of the molecule is Cc1ccc(C)cc1.O=S(=O)([O-])c1c(S(=O)(=O)O)c(S(=O)(=O)O)c2ccc3ccc(O)c4ccc1c2c34.[Br-].c1cc[nH+]cc1.c1cc[nH+]cc1. The Morgan fingerprint density at radius 3 is 1.30 bits per heavy atom. The van der Waals surface area contributed by atoms with E-state index in [9.17, 15) is 44.0 Å². The highest BCUT2D eigenvalue weighted by atomic mass is 79.9. The van der Waals surface area contributed by atoms with Gasteiger partial charge in [0, 0.05) is 51.2 Å². The Labute approximate surface area is 299 Å². The fourth-order valence-corrected chi connectivity index (χ4v) is 8.48. The molecule has 0 aliphatic rings. The summed E-state index contributed by atoms with van der Waals surface area (Å²) in [4.78, 5) is 1.09. The van der Waals surface area contributed by atoms with Gasteiger partial charge in [-0.25, -0.2) is 18.4 Å². The molecule has 262 valence electrons. The Hall–Kier alpha value is -4.55. The molecule has 7 rings (SSSR count). The fourth-order valence-electron chi connectivity index (χ4n) is 4.92. The van der Waals surface area contributed by atoms with E-state index in [1.165, 1.54) is 35.4 Å². The molecule has 0 spiro atoms. The second-order valence-corrected chi connectivity index (χ2v) is 14.6. The third-order valence-corrected chi connectivity index (χ3v) is 10.0. The van der Waals surface area contributed by atoms with Gasteiger partial charge in [-0.15, -0.1) is 0 Å². The van der Waals surface area contributed by atoms with Gasteiger partial charge >= 0.3 is 0 Å². The van der Waals surface area contributed by atoms with Gasteiger partial charge in [0.05, 0.1) is 4.90 Å². The largest absolute Gasteiger partial charge is 1.00 e. The highest BCUT2D eigenvalue weighted by Gasteiger charge is 2.35. The number of rotatable bonds is 3. The van der Waals surface area contributed by atoms with Crippen molar-refractivity contribution in [1.29, 1.82) is 0 Å². The first kappa shape index (κ1) is 39.9. The first-order valence-corrected chi connectivity index (χ1v) is 18.5. The molecular formula is C34H31BrN2O10S3. The summed E-state index contributed by atoms with van der Waals surface area (Å²) in [5, 5.41) is 9.68. The quantitative estimate of drug-likeness (QED) is 0.175. The van der Waals surface area contributed by atoms with E-state index in [-0.39, 0.29) is 38.9 Å². The number of benzene rings is 5. The highest BCUT2D eigenvalue weighted by molar-refractivity contribution is 7.90. The molecule has 0 aliphatic carbocycles. The number of nitrogens with one attached hydrogen (secondary N) is 2. The van der Waals surface area contributed by atoms with Gasteiger partial charge in [-0.05, 0) is 31.4 Å². The minimum Gasteiger partial charge on any atom is -1.00 e. The van der Waals surface area contributed by atoms with Crippen LogP contribution in [-0.2, 0) is 30.4 Å². The maximum absolute atomic E-state index is 12.0. The Morgan fingerprint density at radius 2 is 0.920 bits per heavy atom. The number of aromatic hydroxyl groups is 1. The van der Waals surface area contributed by atoms with Crippen molar-refractivity contribution in [2.45, 2.75) is 28.5 Å². The minimum atomic E-state index is -5.66. The number of aromatic nitrogens is 2. The topological polar surface area (TPSA) is 214 Å². The lowest BCUT2D eigenvalue weighted by Crippen LogP contribution is -3.00. The summed E-state index contributed by atoms with van der Waals surface area (Å²) in [6.45, 7) is 4.19. The predicted molar refractivity (Wildman–Crippen MR) is 181 cm³/mol. The zero-order chi connectivity index (χ0) is 36.0. The van der Waals surface area contributed by atoms with E-state index in [0.29, 0.717) is 5.39 Å². The van der Waals surface area contributed by atoms with E-state index in [0.717, 1.165) is 12.1 Å². The number of aryl methyl sites for hydroxylation is 2. The van der Waals surface area contributed by atoms with Gasteiger partial charge in [-0.2, -0.15) is 16.8 Å². The van der Waals surface area contributed by atoms with Gasteiger partial charge in [-0.1, -0.05) is 71.8 Å². The van der Waals surface area contributed by atoms with Crippen molar-refractivity contribution in [3.8, 4) is 5.75 Å². The van der Waals surface area contributed by atoms with Gasteiger partial charge in [0.1, 0.15) is 25.7 Å². The van der Waals surface area contributed by atoms with Crippen LogP contribution < -0.4 is 26.9 Å². The predicted octanol–water partition coefficient (Wildman–Crippen LogP) is 2.00. The van der Waals surface area contributed by atoms with Crippen LogP contribution in [0.25, 0.3) is 32.3 Å². The third-order valence-electron chi connectivity index (χ3n) is 6.99. The second kappa shape index (κ2) is 16.4. The summed E-state index contributed by atoms with van der Waals surface area (Å²) in [5.74, 6) is -0.245. The van der Waals surface area contributed by atoms with E-state index in [1.54, 1.807) is 0 Å². The molecule has 0 bridgehead atoms. The standard InChI is InChI=1S/C16H10O10S3.C8H10.2C5H5N.BrH/c17-11-6-2-7-1-3-9-13-10(5-4-8(11)12(7)13)15(28(21,22)23)16(29(24,25)26)14(9)27(18,19)20;1-7-3-5-8(2)6-4-7;2*1-2-4-6-5-3-1;/h1-6,17H,(H,18,19,20)(H,21,22,23)(H,24,25,26);3-6H,1-2H3;2*1-5H;1H. The van der Waals surface area contributed by atoms with E-state index in [2.05, 4.69) is 48.1 Å². The zero-order valence-corrected chi connectivity index (χ0v) is 30.4. The maximum Gasteiger partial charge on any atom is 0.297 e.